The molecule has 120 valence electrons. The standard InChI is InChI=1S/C14H14ClN5O2S/c1-19(12-5-6-23(21,22)9-12)14-13(8-16)17-20(18-14)11-4-2-3-10(15)7-11/h2-4,7,12H,5-6,9H2,1H3. The van der Waals surface area contributed by atoms with E-state index >= 15 is 0 Å². The van der Waals surface area contributed by atoms with Gasteiger partial charge in [-0.05, 0) is 24.6 Å². The molecule has 1 aliphatic heterocycles. The first-order valence-electron chi connectivity index (χ1n) is 6.96. The highest BCUT2D eigenvalue weighted by Crippen LogP contribution is 2.24. The molecule has 1 unspecified atom stereocenters. The lowest BCUT2D eigenvalue weighted by Gasteiger charge is -2.22. The van der Waals surface area contributed by atoms with E-state index in [1.54, 1.807) is 36.2 Å². The van der Waals surface area contributed by atoms with Gasteiger partial charge in [0.1, 0.15) is 6.07 Å². The third-order valence-corrected chi connectivity index (χ3v) is 5.82. The Bertz CT molecular complexity index is 887. The Balaban J connectivity index is 1.95. The van der Waals surface area contributed by atoms with E-state index in [1.807, 2.05) is 6.07 Å². The second-order valence-electron chi connectivity index (χ2n) is 5.42. The van der Waals surface area contributed by atoms with Crippen molar-refractivity contribution in [2.24, 2.45) is 0 Å². The van der Waals surface area contributed by atoms with Crippen LogP contribution in [0.1, 0.15) is 12.1 Å². The number of anilines is 1. The number of hydrogen-bond donors (Lipinski definition) is 0. The largest absolute Gasteiger partial charge is 0.352 e. The first-order chi connectivity index (χ1) is 10.9. The summed E-state index contributed by atoms with van der Waals surface area (Å²) in [5, 5.41) is 18.3. The highest BCUT2D eigenvalue weighted by atomic mass is 35.5. The molecule has 1 fully saturated rings. The van der Waals surface area contributed by atoms with Gasteiger partial charge in [-0.3, -0.25) is 0 Å². The van der Waals surface area contributed by atoms with Crippen molar-refractivity contribution in [2.75, 3.05) is 23.5 Å². The predicted octanol–water partition coefficient (Wildman–Crippen LogP) is 1.42. The number of hydrogen-bond acceptors (Lipinski definition) is 6. The van der Waals surface area contributed by atoms with Crippen molar-refractivity contribution in [3.05, 3.63) is 35.0 Å². The molecule has 0 amide bonds. The average molecular weight is 352 g/mol. The molecule has 0 radical (unpaired) electrons. The number of sulfone groups is 1. The fourth-order valence-electron chi connectivity index (χ4n) is 2.58. The Kier molecular flexibility index (Phi) is 4.00. The summed E-state index contributed by atoms with van der Waals surface area (Å²) in [7, 11) is -1.28. The normalized spacial score (nSPS) is 19.4. The van der Waals surface area contributed by atoms with Crippen LogP contribution in [-0.2, 0) is 9.84 Å². The maximum absolute atomic E-state index is 11.6. The van der Waals surface area contributed by atoms with Crippen LogP contribution in [0.5, 0.6) is 0 Å². The highest BCUT2D eigenvalue weighted by Gasteiger charge is 2.33. The molecular weight excluding hydrogens is 338 g/mol. The van der Waals surface area contributed by atoms with Gasteiger partial charge in [0.05, 0.1) is 17.2 Å². The molecule has 23 heavy (non-hydrogen) atoms. The number of nitrogens with zero attached hydrogens (tertiary/aromatic N) is 5. The highest BCUT2D eigenvalue weighted by molar-refractivity contribution is 7.91. The van der Waals surface area contributed by atoms with Crippen molar-refractivity contribution in [1.82, 2.24) is 15.0 Å². The molecule has 1 atom stereocenters. The van der Waals surface area contributed by atoms with E-state index in [0.717, 1.165) is 0 Å². The minimum Gasteiger partial charge on any atom is -0.352 e. The van der Waals surface area contributed by atoms with Crippen LogP contribution in [0.3, 0.4) is 0 Å². The monoisotopic (exact) mass is 351 g/mol. The fourth-order valence-corrected chi connectivity index (χ4v) is 4.54. The summed E-state index contributed by atoms with van der Waals surface area (Å²) >= 11 is 5.96. The van der Waals surface area contributed by atoms with E-state index in [2.05, 4.69) is 10.2 Å². The molecular formula is C14H14ClN5O2S. The van der Waals surface area contributed by atoms with Crippen molar-refractivity contribution in [3.8, 4) is 11.8 Å². The fraction of sp³-hybridized carbons (Fsp3) is 0.357. The van der Waals surface area contributed by atoms with Crippen LogP contribution < -0.4 is 4.90 Å². The van der Waals surface area contributed by atoms with Crippen molar-refractivity contribution >= 4 is 27.3 Å². The lowest BCUT2D eigenvalue weighted by Crippen LogP contribution is -2.33. The van der Waals surface area contributed by atoms with Gasteiger partial charge in [-0.1, -0.05) is 17.7 Å². The molecule has 0 N–H and O–H groups in total. The zero-order valence-electron chi connectivity index (χ0n) is 12.3. The van der Waals surface area contributed by atoms with Gasteiger partial charge >= 0.3 is 0 Å². The molecule has 0 aliphatic carbocycles. The molecule has 2 heterocycles. The van der Waals surface area contributed by atoms with Gasteiger partial charge < -0.3 is 4.90 Å². The van der Waals surface area contributed by atoms with Crippen LogP contribution in [0.25, 0.3) is 5.69 Å². The van der Waals surface area contributed by atoms with E-state index < -0.39 is 9.84 Å². The lowest BCUT2D eigenvalue weighted by molar-refractivity contribution is 0.600. The first kappa shape index (κ1) is 15.8. The van der Waals surface area contributed by atoms with Gasteiger partial charge in [0, 0.05) is 18.1 Å². The topological polar surface area (TPSA) is 91.9 Å². The van der Waals surface area contributed by atoms with E-state index in [-0.39, 0.29) is 23.2 Å². The van der Waals surface area contributed by atoms with Crippen molar-refractivity contribution < 1.29 is 8.42 Å². The maximum atomic E-state index is 11.6. The van der Waals surface area contributed by atoms with Gasteiger partial charge in [0.2, 0.25) is 5.69 Å². The number of benzene rings is 1. The maximum Gasteiger partial charge on any atom is 0.207 e. The number of rotatable bonds is 3. The van der Waals surface area contributed by atoms with Gasteiger partial charge in [-0.2, -0.15) is 5.26 Å². The molecule has 3 rings (SSSR count). The second-order valence-corrected chi connectivity index (χ2v) is 8.09. The minimum absolute atomic E-state index is 0.0679. The van der Waals surface area contributed by atoms with Crippen LogP contribution in [0.2, 0.25) is 5.02 Å². The van der Waals surface area contributed by atoms with E-state index in [4.69, 9.17) is 11.6 Å². The molecule has 1 aliphatic rings. The summed E-state index contributed by atoms with van der Waals surface area (Å²) in [4.78, 5) is 3.05. The molecule has 7 nitrogen and oxygen atoms in total. The van der Waals surface area contributed by atoms with Crippen LogP contribution in [-0.4, -0.2) is 48.0 Å². The second kappa shape index (κ2) is 5.83. The summed E-state index contributed by atoms with van der Waals surface area (Å²) in [5.41, 5.74) is 0.782. The van der Waals surface area contributed by atoms with Gasteiger partial charge in [0.25, 0.3) is 0 Å². The number of nitriles is 1. The van der Waals surface area contributed by atoms with E-state index in [9.17, 15) is 13.7 Å². The SMILES string of the molecule is CN(c1nn(-c2cccc(Cl)c2)nc1C#N)C1CCS(=O)(=O)C1. The zero-order chi connectivity index (χ0) is 16.6. The van der Waals surface area contributed by atoms with Crippen molar-refractivity contribution in [1.29, 1.82) is 5.26 Å². The third kappa shape index (κ3) is 3.16. The zero-order valence-corrected chi connectivity index (χ0v) is 13.9. The van der Waals surface area contributed by atoms with Crippen molar-refractivity contribution in [2.45, 2.75) is 12.5 Å². The molecule has 2 aromatic rings. The third-order valence-electron chi connectivity index (χ3n) is 3.83. The lowest BCUT2D eigenvalue weighted by atomic mass is 10.2. The van der Waals surface area contributed by atoms with Crippen LogP contribution in [0.4, 0.5) is 5.82 Å². The molecule has 0 spiro atoms. The smallest absolute Gasteiger partial charge is 0.207 e. The van der Waals surface area contributed by atoms with Crippen LogP contribution in [0.15, 0.2) is 24.3 Å². The Morgan fingerprint density at radius 1 is 1.43 bits per heavy atom. The summed E-state index contributed by atoms with van der Waals surface area (Å²) in [5.74, 6) is 0.597. The summed E-state index contributed by atoms with van der Waals surface area (Å²) < 4.78 is 23.3. The summed E-state index contributed by atoms with van der Waals surface area (Å²) in [6.07, 6.45) is 0.522. The molecule has 1 aromatic heterocycles. The molecule has 9 heteroatoms. The predicted molar refractivity (Wildman–Crippen MR) is 86.5 cm³/mol. The number of aromatic nitrogens is 3. The van der Waals surface area contributed by atoms with E-state index in [0.29, 0.717) is 22.9 Å². The quantitative estimate of drug-likeness (QED) is 0.830. The Hall–Kier alpha value is -2.11. The molecule has 1 saturated heterocycles. The molecule has 0 bridgehead atoms. The first-order valence-corrected chi connectivity index (χ1v) is 9.16. The average Bonchev–Trinajstić information content (AvgIpc) is 3.09. The van der Waals surface area contributed by atoms with Gasteiger partial charge in [-0.15, -0.1) is 15.0 Å². The Labute approximate surface area is 139 Å². The van der Waals surface area contributed by atoms with Gasteiger partial charge in [0.15, 0.2) is 15.7 Å². The summed E-state index contributed by atoms with van der Waals surface area (Å²) in [6, 6.07) is 8.77. The van der Waals surface area contributed by atoms with E-state index in [1.165, 1.54) is 4.80 Å². The molecule has 0 saturated carbocycles. The number of halogens is 1. The Morgan fingerprint density at radius 2 is 2.22 bits per heavy atom. The minimum atomic E-state index is -3.02. The Morgan fingerprint density at radius 3 is 2.83 bits per heavy atom. The van der Waals surface area contributed by atoms with Gasteiger partial charge in [-0.25, -0.2) is 8.42 Å². The van der Waals surface area contributed by atoms with Crippen LogP contribution >= 0.6 is 11.6 Å². The summed E-state index contributed by atoms with van der Waals surface area (Å²) in [6.45, 7) is 0. The molecule has 1 aromatic carbocycles. The van der Waals surface area contributed by atoms with Crippen molar-refractivity contribution in [3.63, 3.8) is 0 Å². The van der Waals surface area contributed by atoms with Crippen LogP contribution in [0, 0.1) is 11.3 Å².